The summed E-state index contributed by atoms with van der Waals surface area (Å²) in [6.07, 6.45) is 0. The van der Waals surface area contributed by atoms with Gasteiger partial charge in [0.15, 0.2) is 0 Å². The Morgan fingerprint density at radius 1 is 1.45 bits per heavy atom. The molecular formula is C7H3BrClNS. The molecule has 0 atom stereocenters. The quantitative estimate of drug-likeness (QED) is 0.648. The molecule has 0 spiro atoms. The van der Waals surface area contributed by atoms with Crippen molar-refractivity contribution in [2.24, 2.45) is 0 Å². The van der Waals surface area contributed by atoms with Gasteiger partial charge in [0.2, 0.25) is 0 Å². The van der Waals surface area contributed by atoms with Gasteiger partial charge in [-0.1, -0.05) is 11.6 Å². The Labute approximate surface area is 81.1 Å². The van der Waals surface area contributed by atoms with Crippen LogP contribution in [-0.2, 0) is 0 Å². The molecule has 0 aliphatic carbocycles. The van der Waals surface area contributed by atoms with Crippen molar-refractivity contribution in [1.29, 1.82) is 0 Å². The second kappa shape index (κ2) is 2.73. The van der Waals surface area contributed by atoms with E-state index in [0.29, 0.717) is 5.15 Å². The van der Waals surface area contributed by atoms with Gasteiger partial charge in [-0.25, -0.2) is 4.98 Å². The zero-order chi connectivity index (χ0) is 7.84. The fraction of sp³-hybridized carbons (Fsp3) is 0. The number of nitrogens with zero attached hydrogens (tertiary/aromatic N) is 1. The van der Waals surface area contributed by atoms with E-state index in [1.807, 2.05) is 11.4 Å². The van der Waals surface area contributed by atoms with Crippen molar-refractivity contribution in [3.05, 3.63) is 27.1 Å². The van der Waals surface area contributed by atoms with Crippen LogP contribution in [0, 0.1) is 0 Å². The van der Waals surface area contributed by atoms with E-state index in [2.05, 4.69) is 20.9 Å². The van der Waals surface area contributed by atoms with E-state index in [9.17, 15) is 0 Å². The lowest BCUT2D eigenvalue weighted by Gasteiger charge is -1.89. The summed E-state index contributed by atoms with van der Waals surface area (Å²) in [5.74, 6) is 0. The van der Waals surface area contributed by atoms with E-state index in [1.54, 1.807) is 17.4 Å². The Kier molecular flexibility index (Phi) is 1.87. The first-order valence-corrected chi connectivity index (χ1v) is 5.01. The molecule has 0 aromatic carbocycles. The van der Waals surface area contributed by atoms with E-state index in [4.69, 9.17) is 11.6 Å². The van der Waals surface area contributed by atoms with Crippen molar-refractivity contribution in [1.82, 2.24) is 4.98 Å². The topological polar surface area (TPSA) is 12.9 Å². The number of hydrogen-bond donors (Lipinski definition) is 0. The molecule has 1 nitrogen and oxygen atoms in total. The first-order valence-electron chi connectivity index (χ1n) is 2.96. The van der Waals surface area contributed by atoms with Gasteiger partial charge in [-0.15, -0.1) is 11.3 Å². The normalized spacial score (nSPS) is 10.7. The number of fused-ring (bicyclic) bond motifs is 1. The number of rotatable bonds is 0. The van der Waals surface area contributed by atoms with E-state index in [1.165, 1.54) is 0 Å². The third kappa shape index (κ3) is 1.28. The number of halogens is 2. The maximum absolute atomic E-state index is 5.71. The van der Waals surface area contributed by atoms with Crippen LogP contribution in [0.2, 0.25) is 5.15 Å². The molecule has 11 heavy (non-hydrogen) atoms. The minimum absolute atomic E-state index is 0.548. The summed E-state index contributed by atoms with van der Waals surface area (Å²) in [7, 11) is 0. The van der Waals surface area contributed by atoms with Crippen molar-refractivity contribution in [2.75, 3.05) is 0 Å². The van der Waals surface area contributed by atoms with Crippen LogP contribution in [0.3, 0.4) is 0 Å². The van der Waals surface area contributed by atoms with E-state index >= 15 is 0 Å². The second-order valence-electron chi connectivity index (χ2n) is 2.07. The molecule has 0 aliphatic rings. The molecule has 0 radical (unpaired) electrons. The molecule has 0 saturated heterocycles. The van der Waals surface area contributed by atoms with Crippen molar-refractivity contribution in [3.8, 4) is 0 Å². The Hall–Kier alpha value is -0.120. The predicted molar refractivity (Wildman–Crippen MR) is 52.3 cm³/mol. The molecule has 0 bridgehead atoms. The van der Waals surface area contributed by atoms with Gasteiger partial charge in [0.1, 0.15) is 9.98 Å². The highest BCUT2D eigenvalue weighted by Crippen LogP contribution is 2.29. The van der Waals surface area contributed by atoms with Crippen LogP contribution >= 0.6 is 38.9 Å². The third-order valence-corrected chi connectivity index (χ3v) is 3.42. The first-order chi connectivity index (χ1) is 5.27. The van der Waals surface area contributed by atoms with Crippen molar-refractivity contribution in [2.45, 2.75) is 0 Å². The standard InChI is InChI=1S/C7H3BrClNS/c8-5-3-11-7-4(5)1-2-6(9)10-7/h1-3H. The zero-order valence-corrected chi connectivity index (χ0v) is 8.50. The van der Waals surface area contributed by atoms with Crippen molar-refractivity contribution >= 4 is 49.1 Å². The Morgan fingerprint density at radius 2 is 2.27 bits per heavy atom. The average molecular weight is 249 g/mol. The summed E-state index contributed by atoms with van der Waals surface area (Å²) < 4.78 is 1.08. The summed E-state index contributed by atoms with van der Waals surface area (Å²) in [4.78, 5) is 5.13. The fourth-order valence-electron chi connectivity index (χ4n) is 0.861. The highest BCUT2D eigenvalue weighted by molar-refractivity contribution is 9.10. The van der Waals surface area contributed by atoms with Gasteiger partial charge in [0.25, 0.3) is 0 Å². The van der Waals surface area contributed by atoms with Crippen LogP contribution in [0.15, 0.2) is 22.0 Å². The molecule has 4 heteroatoms. The summed E-state index contributed by atoms with van der Waals surface area (Å²) in [5, 5.41) is 3.68. The smallest absolute Gasteiger partial charge is 0.130 e. The zero-order valence-electron chi connectivity index (χ0n) is 5.34. The number of aromatic nitrogens is 1. The predicted octanol–water partition coefficient (Wildman–Crippen LogP) is 3.71. The lowest BCUT2D eigenvalue weighted by molar-refractivity contribution is 1.44. The number of thiophene rings is 1. The summed E-state index contributed by atoms with van der Waals surface area (Å²) in [5.41, 5.74) is 0. The fourth-order valence-corrected chi connectivity index (χ4v) is 2.59. The summed E-state index contributed by atoms with van der Waals surface area (Å²) in [6.45, 7) is 0. The Morgan fingerprint density at radius 3 is 3.09 bits per heavy atom. The highest BCUT2D eigenvalue weighted by Gasteiger charge is 2.01. The lowest BCUT2D eigenvalue weighted by atomic mass is 10.3. The summed E-state index contributed by atoms with van der Waals surface area (Å²) in [6, 6.07) is 3.76. The van der Waals surface area contributed by atoms with Crippen LogP contribution < -0.4 is 0 Å². The van der Waals surface area contributed by atoms with Gasteiger partial charge >= 0.3 is 0 Å². The molecule has 2 heterocycles. The molecule has 2 rings (SSSR count). The van der Waals surface area contributed by atoms with Gasteiger partial charge in [-0.2, -0.15) is 0 Å². The van der Waals surface area contributed by atoms with E-state index in [0.717, 1.165) is 14.7 Å². The minimum Gasteiger partial charge on any atom is -0.225 e. The maximum atomic E-state index is 5.71. The molecule has 0 amide bonds. The van der Waals surface area contributed by atoms with Gasteiger partial charge in [0, 0.05) is 15.2 Å². The molecular weight excluding hydrogens is 246 g/mol. The average Bonchev–Trinajstić information content (AvgIpc) is 2.32. The van der Waals surface area contributed by atoms with Gasteiger partial charge in [0.05, 0.1) is 0 Å². The lowest BCUT2D eigenvalue weighted by Crippen LogP contribution is -1.71. The van der Waals surface area contributed by atoms with Crippen LogP contribution in [0.4, 0.5) is 0 Å². The molecule has 0 aliphatic heterocycles. The number of hydrogen-bond acceptors (Lipinski definition) is 2. The van der Waals surface area contributed by atoms with Crippen molar-refractivity contribution < 1.29 is 0 Å². The van der Waals surface area contributed by atoms with Crippen LogP contribution in [-0.4, -0.2) is 4.98 Å². The van der Waals surface area contributed by atoms with Crippen LogP contribution in [0.5, 0.6) is 0 Å². The molecule has 0 saturated carbocycles. The van der Waals surface area contributed by atoms with E-state index in [-0.39, 0.29) is 0 Å². The molecule has 2 aromatic rings. The molecule has 0 unspecified atom stereocenters. The Balaban J connectivity index is 2.86. The van der Waals surface area contributed by atoms with Crippen LogP contribution in [0.1, 0.15) is 0 Å². The minimum atomic E-state index is 0.548. The second-order valence-corrected chi connectivity index (χ2v) is 4.17. The van der Waals surface area contributed by atoms with Gasteiger partial charge in [-0.3, -0.25) is 0 Å². The van der Waals surface area contributed by atoms with Gasteiger partial charge in [-0.05, 0) is 28.1 Å². The highest BCUT2D eigenvalue weighted by atomic mass is 79.9. The Bertz CT molecular complexity index is 398. The molecule has 0 N–H and O–H groups in total. The molecule has 0 fully saturated rings. The van der Waals surface area contributed by atoms with Gasteiger partial charge < -0.3 is 0 Å². The number of pyridine rings is 1. The third-order valence-electron chi connectivity index (χ3n) is 1.36. The van der Waals surface area contributed by atoms with Crippen LogP contribution in [0.25, 0.3) is 10.2 Å². The van der Waals surface area contributed by atoms with E-state index < -0.39 is 0 Å². The SMILES string of the molecule is Clc1ccc2c(Br)csc2n1. The molecule has 56 valence electrons. The summed E-state index contributed by atoms with van der Waals surface area (Å²) >= 11 is 10.7. The molecule has 2 aromatic heterocycles. The first kappa shape index (κ1) is 7.53. The monoisotopic (exact) mass is 247 g/mol. The maximum Gasteiger partial charge on any atom is 0.130 e. The largest absolute Gasteiger partial charge is 0.225 e. The van der Waals surface area contributed by atoms with Crippen molar-refractivity contribution in [3.63, 3.8) is 0 Å².